The largest absolute Gasteiger partial charge is 0.391 e. The summed E-state index contributed by atoms with van der Waals surface area (Å²) in [6.07, 6.45) is 1.30. The minimum absolute atomic E-state index is 0.285. The van der Waals surface area contributed by atoms with Gasteiger partial charge in [-0.15, -0.1) is 0 Å². The van der Waals surface area contributed by atoms with Crippen molar-refractivity contribution in [2.45, 2.75) is 24.7 Å². The fourth-order valence-corrected chi connectivity index (χ4v) is 2.15. The van der Waals surface area contributed by atoms with Gasteiger partial charge >= 0.3 is 0 Å². The van der Waals surface area contributed by atoms with Crippen LogP contribution in [0.1, 0.15) is 6.42 Å². The third kappa shape index (κ3) is 1.62. The van der Waals surface area contributed by atoms with Crippen LogP contribution < -0.4 is 0 Å². The predicted octanol–water partition coefficient (Wildman–Crippen LogP) is -0.250. The molecule has 2 bridgehead atoms. The zero-order chi connectivity index (χ0) is 8.55. The van der Waals surface area contributed by atoms with Crippen molar-refractivity contribution in [3.8, 4) is 0 Å². The maximum absolute atomic E-state index is 9.39. The van der Waals surface area contributed by atoms with Gasteiger partial charge in [0.15, 0.2) is 0 Å². The lowest BCUT2D eigenvalue weighted by atomic mass is 10.2. The molecule has 2 saturated heterocycles. The highest BCUT2D eigenvalue weighted by Crippen LogP contribution is 2.27. The van der Waals surface area contributed by atoms with Crippen molar-refractivity contribution in [1.29, 1.82) is 0 Å². The molecule has 12 heavy (non-hydrogen) atoms. The molecule has 0 saturated carbocycles. The smallest absolute Gasteiger partial charge is 0.0754 e. The summed E-state index contributed by atoms with van der Waals surface area (Å²) in [5.74, 6) is 0.550. The number of aliphatic hydroxyl groups is 1. The SMILES string of the molecule is O[C@@H](CS)CN1C[C@@H]2C[C@H]1CO2. The summed E-state index contributed by atoms with van der Waals surface area (Å²) in [7, 11) is 0. The Labute approximate surface area is 78.1 Å². The molecule has 0 amide bonds. The summed E-state index contributed by atoms with van der Waals surface area (Å²) in [6.45, 7) is 2.60. The number of likely N-dealkylation sites (tertiary alicyclic amines) is 1. The summed E-state index contributed by atoms with van der Waals surface area (Å²) < 4.78 is 5.45. The molecule has 0 spiro atoms. The van der Waals surface area contributed by atoms with Crippen molar-refractivity contribution in [2.75, 3.05) is 25.4 Å². The number of morpholine rings is 1. The third-order valence-corrected chi connectivity index (χ3v) is 3.09. The molecule has 0 aromatic rings. The Morgan fingerprint density at radius 3 is 3.00 bits per heavy atom. The van der Waals surface area contributed by atoms with E-state index in [0.29, 0.717) is 17.9 Å². The molecule has 2 rings (SSSR count). The minimum Gasteiger partial charge on any atom is -0.391 e. The highest BCUT2D eigenvalue weighted by molar-refractivity contribution is 7.80. The number of rotatable bonds is 3. The van der Waals surface area contributed by atoms with E-state index >= 15 is 0 Å². The van der Waals surface area contributed by atoms with E-state index in [1.807, 2.05) is 0 Å². The Hall–Kier alpha value is 0.230. The van der Waals surface area contributed by atoms with Gasteiger partial charge in [-0.2, -0.15) is 12.6 Å². The third-order valence-electron chi connectivity index (χ3n) is 2.67. The van der Waals surface area contributed by atoms with Crippen molar-refractivity contribution in [3.63, 3.8) is 0 Å². The first kappa shape index (κ1) is 8.81. The van der Waals surface area contributed by atoms with Gasteiger partial charge in [0.2, 0.25) is 0 Å². The Bertz CT molecular complexity index is 167. The van der Waals surface area contributed by atoms with Crippen LogP contribution in [0.5, 0.6) is 0 Å². The van der Waals surface area contributed by atoms with Crippen molar-refractivity contribution >= 4 is 12.6 Å². The lowest BCUT2D eigenvalue weighted by Crippen LogP contribution is -2.42. The number of hydrogen-bond acceptors (Lipinski definition) is 4. The lowest BCUT2D eigenvalue weighted by Gasteiger charge is -2.28. The minimum atomic E-state index is -0.285. The molecule has 0 radical (unpaired) electrons. The highest BCUT2D eigenvalue weighted by atomic mass is 32.1. The normalized spacial score (nSPS) is 37.5. The molecule has 2 aliphatic rings. The van der Waals surface area contributed by atoms with E-state index in [0.717, 1.165) is 26.1 Å². The second kappa shape index (κ2) is 3.54. The summed E-state index contributed by atoms with van der Waals surface area (Å²) in [5, 5.41) is 9.39. The molecule has 2 aliphatic heterocycles. The molecule has 0 aromatic carbocycles. The van der Waals surface area contributed by atoms with Gasteiger partial charge in [-0.1, -0.05) is 0 Å². The molecule has 3 atom stereocenters. The lowest BCUT2D eigenvalue weighted by molar-refractivity contribution is 0.0139. The van der Waals surface area contributed by atoms with Crippen LogP contribution >= 0.6 is 12.6 Å². The predicted molar refractivity (Wildman–Crippen MR) is 49.6 cm³/mol. The van der Waals surface area contributed by atoms with Crippen LogP contribution in [0.3, 0.4) is 0 Å². The number of hydrogen-bond donors (Lipinski definition) is 2. The Morgan fingerprint density at radius 2 is 2.50 bits per heavy atom. The van der Waals surface area contributed by atoms with Crippen LogP contribution in [0.15, 0.2) is 0 Å². The van der Waals surface area contributed by atoms with Crippen molar-refractivity contribution in [2.24, 2.45) is 0 Å². The van der Waals surface area contributed by atoms with Gasteiger partial charge in [0.1, 0.15) is 0 Å². The van der Waals surface area contributed by atoms with Gasteiger partial charge in [0.25, 0.3) is 0 Å². The van der Waals surface area contributed by atoms with Crippen LogP contribution in [0.25, 0.3) is 0 Å². The first-order valence-corrected chi connectivity index (χ1v) is 5.07. The zero-order valence-corrected chi connectivity index (χ0v) is 7.91. The highest BCUT2D eigenvalue weighted by Gasteiger charge is 2.39. The topological polar surface area (TPSA) is 32.7 Å². The average molecular weight is 189 g/mol. The molecule has 2 heterocycles. The molecule has 3 nitrogen and oxygen atoms in total. The number of thiol groups is 1. The number of ether oxygens (including phenoxy) is 1. The van der Waals surface area contributed by atoms with Crippen molar-refractivity contribution < 1.29 is 9.84 Å². The van der Waals surface area contributed by atoms with Crippen molar-refractivity contribution in [1.82, 2.24) is 4.90 Å². The molecule has 70 valence electrons. The second-order valence-electron chi connectivity index (χ2n) is 3.64. The van der Waals surface area contributed by atoms with E-state index in [4.69, 9.17) is 4.74 Å². The maximum Gasteiger partial charge on any atom is 0.0754 e. The molecule has 0 unspecified atom stereocenters. The molecular weight excluding hydrogens is 174 g/mol. The number of nitrogens with zero attached hydrogens (tertiary/aromatic N) is 1. The molecule has 0 aliphatic carbocycles. The molecular formula is C8H15NO2S. The monoisotopic (exact) mass is 189 g/mol. The van der Waals surface area contributed by atoms with E-state index in [1.165, 1.54) is 0 Å². The summed E-state index contributed by atoms with van der Waals surface area (Å²) in [5.41, 5.74) is 0. The van der Waals surface area contributed by atoms with Crippen LogP contribution in [0, 0.1) is 0 Å². The van der Waals surface area contributed by atoms with Gasteiger partial charge in [0, 0.05) is 24.9 Å². The Morgan fingerprint density at radius 1 is 1.67 bits per heavy atom. The number of fused-ring (bicyclic) bond motifs is 2. The number of β-amino-alcohol motifs (C(OH)–C–C–N with tert-alkyl or cyclic N) is 1. The van der Waals surface area contributed by atoms with Crippen LogP contribution in [-0.2, 0) is 4.74 Å². The van der Waals surface area contributed by atoms with Crippen LogP contribution in [-0.4, -0.2) is 53.7 Å². The fourth-order valence-electron chi connectivity index (χ4n) is 2.03. The van der Waals surface area contributed by atoms with E-state index < -0.39 is 0 Å². The molecule has 2 fully saturated rings. The van der Waals surface area contributed by atoms with Gasteiger partial charge in [-0.3, -0.25) is 4.90 Å². The Balaban J connectivity index is 1.82. The fraction of sp³-hybridized carbons (Fsp3) is 1.00. The van der Waals surface area contributed by atoms with Gasteiger partial charge in [-0.25, -0.2) is 0 Å². The first-order chi connectivity index (χ1) is 5.79. The van der Waals surface area contributed by atoms with E-state index in [9.17, 15) is 5.11 Å². The molecule has 1 N–H and O–H groups in total. The van der Waals surface area contributed by atoms with Gasteiger partial charge in [-0.05, 0) is 6.42 Å². The molecule has 4 heteroatoms. The quantitative estimate of drug-likeness (QED) is 0.601. The van der Waals surface area contributed by atoms with E-state index in [2.05, 4.69) is 17.5 Å². The number of aliphatic hydroxyl groups excluding tert-OH is 1. The summed E-state index contributed by atoms with van der Waals surface area (Å²) >= 11 is 4.05. The van der Waals surface area contributed by atoms with E-state index in [1.54, 1.807) is 0 Å². The first-order valence-electron chi connectivity index (χ1n) is 4.44. The average Bonchev–Trinajstić information content (AvgIpc) is 2.64. The Kier molecular flexibility index (Phi) is 2.60. The second-order valence-corrected chi connectivity index (χ2v) is 4.00. The maximum atomic E-state index is 9.39. The standard InChI is InChI=1S/C8H15NO2S/c10-7(5-12)2-9-3-8-1-6(9)4-11-8/h6-8,10,12H,1-5H2/t6-,7+,8-/m0/s1. The zero-order valence-electron chi connectivity index (χ0n) is 7.02. The summed E-state index contributed by atoms with van der Waals surface area (Å²) in [6, 6.07) is 0.560. The van der Waals surface area contributed by atoms with Crippen molar-refractivity contribution in [3.05, 3.63) is 0 Å². The summed E-state index contributed by atoms with van der Waals surface area (Å²) in [4.78, 5) is 2.31. The van der Waals surface area contributed by atoms with Crippen LogP contribution in [0.2, 0.25) is 0 Å². The van der Waals surface area contributed by atoms with Gasteiger partial charge < -0.3 is 9.84 Å². The molecule has 0 aromatic heterocycles. The van der Waals surface area contributed by atoms with Gasteiger partial charge in [0.05, 0.1) is 18.8 Å². The van der Waals surface area contributed by atoms with Crippen LogP contribution in [0.4, 0.5) is 0 Å². The van der Waals surface area contributed by atoms with E-state index in [-0.39, 0.29) is 6.10 Å².